The van der Waals surface area contributed by atoms with Gasteiger partial charge in [-0.3, -0.25) is 0 Å². The maximum absolute atomic E-state index is 12.4. The summed E-state index contributed by atoms with van der Waals surface area (Å²) >= 11 is 0. The summed E-state index contributed by atoms with van der Waals surface area (Å²) in [6.45, 7) is 9.49. The molecule has 0 aromatic heterocycles. The number of rotatable bonds is 1. The molecule has 2 heteroatoms. The minimum atomic E-state index is -0.123. The Hall–Kier alpha value is -0.630. The summed E-state index contributed by atoms with van der Waals surface area (Å²) in [5.74, 6) is 5.74. The lowest BCUT2D eigenvalue weighted by molar-refractivity contribution is -0.130. The molecule has 4 fully saturated rings. The average molecular weight is 399 g/mol. The van der Waals surface area contributed by atoms with Crippen LogP contribution in [-0.2, 0) is 4.79 Å². The van der Waals surface area contributed by atoms with E-state index in [-0.39, 0.29) is 16.9 Å². The van der Waals surface area contributed by atoms with Crippen molar-refractivity contribution in [3.63, 3.8) is 0 Å². The Morgan fingerprint density at radius 1 is 0.966 bits per heavy atom. The summed E-state index contributed by atoms with van der Waals surface area (Å²) in [6.07, 6.45) is 14.7. The molecule has 5 aliphatic rings. The normalized spacial score (nSPS) is 53.6. The smallest absolute Gasteiger partial charge is 0.126 e. The fraction of sp³-hybridized carbons (Fsp3) is 0.889. The van der Waals surface area contributed by atoms with E-state index in [0.717, 1.165) is 48.9 Å². The van der Waals surface area contributed by atoms with Gasteiger partial charge in [-0.05, 0) is 111 Å². The van der Waals surface area contributed by atoms with Crippen LogP contribution in [0.3, 0.4) is 0 Å². The van der Waals surface area contributed by atoms with Gasteiger partial charge < -0.3 is 9.90 Å². The van der Waals surface area contributed by atoms with Gasteiger partial charge in [-0.2, -0.15) is 0 Å². The first-order valence-corrected chi connectivity index (χ1v) is 12.6. The lowest BCUT2D eigenvalue weighted by atomic mass is 9.44. The minimum Gasteiger partial charge on any atom is -0.393 e. The Kier molecular flexibility index (Phi) is 4.85. The molecule has 0 amide bonds. The van der Waals surface area contributed by atoms with Crippen molar-refractivity contribution in [2.45, 2.75) is 91.6 Å². The molecule has 0 heterocycles. The molecule has 4 saturated carbocycles. The number of fused-ring (bicyclic) bond motifs is 7. The van der Waals surface area contributed by atoms with Gasteiger partial charge in [-0.15, -0.1) is 0 Å². The van der Waals surface area contributed by atoms with Crippen LogP contribution in [0.1, 0.15) is 85.5 Å². The van der Waals surface area contributed by atoms with E-state index in [1.54, 1.807) is 5.57 Å². The van der Waals surface area contributed by atoms with Crippen molar-refractivity contribution in [3.8, 4) is 0 Å². The fourth-order valence-corrected chi connectivity index (χ4v) is 9.28. The van der Waals surface area contributed by atoms with E-state index in [9.17, 15) is 9.90 Å². The topological polar surface area (TPSA) is 37.3 Å². The second-order valence-corrected chi connectivity index (χ2v) is 12.4. The van der Waals surface area contributed by atoms with Gasteiger partial charge in [0.2, 0.25) is 0 Å². The predicted octanol–water partition coefficient (Wildman–Crippen LogP) is 6.03. The molecule has 0 bridgehead atoms. The number of aliphatic hydroxyl groups excluding tert-OH is 1. The summed E-state index contributed by atoms with van der Waals surface area (Å²) in [5, 5.41) is 10.7. The zero-order chi connectivity index (χ0) is 20.6. The van der Waals surface area contributed by atoms with E-state index in [1.165, 1.54) is 44.8 Å². The van der Waals surface area contributed by atoms with Crippen molar-refractivity contribution in [2.75, 3.05) is 0 Å². The quantitative estimate of drug-likeness (QED) is 0.432. The monoisotopic (exact) mass is 398 g/mol. The lowest BCUT2D eigenvalue weighted by Crippen LogP contribution is -2.54. The highest BCUT2D eigenvalue weighted by atomic mass is 16.3. The van der Waals surface area contributed by atoms with E-state index in [0.29, 0.717) is 17.8 Å². The molecule has 9 unspecified atom stereocenters. The molecule has 2 nitrogen and oxygen atoms in total. The van der Waals surface area contributed by atoms with Crippen LogP contribution in [0.15, 0.2) is 11.6 Å². The van der Waals surface area contributed by atoms with E-state index in [2.05, 4.69) is 33.8 Å². The largest absolute Gasteiger partial charge is 0.393 e. The van der Waals surface area contributed by atoms with Crippen molar-refractivity contribution in [3.05, 3.63) is 11.6 Å². The SMILES string of the molecule is CC1C2C3=CCC4C(CCC5C4CCC(O)C5(C)C)C3CCC2(C=O)CC[C@H]1C. The van der Waals surface area contributed by atoms with Crippen LogP contribution in [0.5, 0.6) is 0 Å². The molecule has 5 rings (SSSR count). The van der Waals surface area contributed by atoms with Gasteiger partial charge in [-0.25, -0.2) is 0 Å². The van der Waals surface area contributed by atoms with Crippen LogP contribution in [0, 0.1) is 58.2 Å². The maximum Gasteiger partial charge on any atom is 0.126 e. The van der Waals surface area contributed by atoms with Gasteiger partial charge in [0.05, 0.1) is 6.10 Å². The maximum atomic E-state index is 12.4. The molecule has 162 valence electrons. The third kappa shape index (κ3) is 2.80. The van der Waals surface area contributed by atoms with Gasteiger partial charge in [0.15, 0.2) is 0 Å². The average Bonchev–Trinajstić information content (AvgIpc) is 2.72. The van der Waals surface area contributed by atoms with E-state index >= 15 is 0 Å². The molecule has 0 spiro atoms. The molecule has 10 atom stereocenters. The Labute approximate surface area is 177 Å². The van der Waals surface area contributed by atoms with Crippen LogP contribution in [0.2, 0.25) is 0 Å². The first-order chi connectivity index (χ1) is 13.8. The molecule has 0 saturated heterocycles. The van der Waals surface area contributed by atoms with Gasteiger partial charge in [0.1, 0.15) is 6.29 Å². The Morgan fingerprint density at radius 2 is 1.69 bits per heavy atom. The third-order valence-electron chi connectivity index (χ3n) is 11.2. The molecule has 0 radical (unpaired) electrons. The van der Waals surface area contributed by atoms with Gasteiger partial charge in [0.25, 0.3) is 0 Å². The number of aldehydes is 1. The van der Waals surface area contributed by atoms with E-state index in [4.69, 9.17) is 0 Å². The van der Waals surface area contributed by atoms with Crippen molar-refractivity contribution in [1.82, 2.24) is 0 Å². The number of aliphatic hydroxyl groups is 1. The Morgan fingerprint density at radius 3 is 2.45 bits per heavy atom. The van der Waals surface area contributed by atoms with Crippen molar-refractivity contribution in [1.29, 1.82) is 0 Å². The zero-order valence-electron chi connectivity index (χ0n) is 19.1. The number of hydrogen-bond donors (Lipinski definition) is 1. The highest BCUT2D eigenvalue weighted by molar-refractivity contribution is 5.62. The summed E-state index contributed by atoms with van der Waals surface area (Å²) < 4.78 is 0. The van der Waals surface area contributed by atoms with Crippen LogP contribution in [0.4, 0.5) is 0 Å². The summed E-state index contributed by atoms with van der Waals surface area (Å²) in [5.41, 5.74) is 1.72. The molecule has 5 aliphatic carbocycles. The van der Waals surface area contributed by atoms with Crippen LogP contribution in [0.25, 0.3) is 0 Å². The summed E-state index contributed by atoms with van der Waals surface area (Å²) in [4.78, 5) is 12.4. The third-order valence-corrected chi connectivity index (χ3v) is 11.2. The fourth-order valence-electron chi connectivity index (χ4n) is 9.28. The van der Waals surface area contributed by atoms with E-state index < -0.39 is 0 Å². The summed E-state index contributed by atoms with van der Waals surface area (Å²) in [7, 11) is 0. The van der Waals surface area contributed by atoms with Crippen molar-refractivity contribution < 1.29 is 9.90 Å². The number of carbonyl (C=O) groups is 1. The molecule has 0 aromatic rings. The van der Waals surface area contributed by atoms with E-state index in [1.807, 2.05) is 0 Å². The van der Waals surface area contributed by atoms with Gasteiger partial charge in [-0.1, -0.05) is 39.3 Å². The van der Waals surface area contributed by atoms with Crippen molar-refractivity contribution in [2.24, 2.45) is 58.2 Å². The second kappa shape index (κ2) is 6.94. The highest BCUT2D eigenvalue weighted by Gasteiger charge is 2.57. The standard InChI is InChI=1S/C27H42O2/c1-16-11-13-27(15-28)14-12-20-18-7-9-23-21(8-10-24(29)26(23,3)4)19(18)5-6-22(20)25(27)17(16)2/h6,15-21,23-25,29H,5,7-14H2,1-4H3/t16-,17?,18?,19?,20?,21?,23?,24?,25?,27?/m1/s1. The molecular weight excluding hydrogens is 356 g/mol. The first kappa shape index (κ1) is 20.3. The molecule has 0 aromatic carbocycles. The first-order valence-electron chi connectivity index (χ1n) is 12.6. The second-order valence-electron chi connectivity index (χ2n) is 12.4. The number of carbonyl (C=O) groups excluding carboxylic acids is 1. The predicted molar refractivity (Wildman–Crippen MR) is 117 cm³/mol. The lowest BCUT2D eigenvalue weighted by Gasteiger charge is -2.60. The van der Waals surface area contributed by atoms with Gasteiger partial charge in [0, 0.05) is 5.41 Å². The Balaban J connectivity index is 1.47. The number of allylic oxidation sites excluding steroid dienone is 2. The zero-order valence-corrected chi connectivity index (χ0v) is 19.1. The van der Waals surface area contributed by atoms with Gasteiger partial charge >= 0.3 is 0 Å². The molecule has 29 heavy (non-hydrogen) atoms. The van der Waals surface area contributed by atoms with Crippen LogP contribution in [-0.4, -0.2) is 17.5 Å². The molecular formula is C27H42O2. The molecule has 1 N–H and O–H groups in total. The highest BCUT2D eigenvalue weighted by Crippen LogP contribution is 2.64. The molecule has 0 aliphatic heterocycles. The Bertz CT molecular complexity index is 693. The van der Waals surface area contributed by atoms with Crippen LogP contribution < -0.4 is 0 Å². The number of hydrogen-bond acceptors (Lipinski definition) is 2. The minimum absolute atomic E-state index is 0.0603. The summed E-state index contributed by atoms with van der Waals surface area (Å²) in [6, 6.07) is 0. The van der Waals surface area contributed by atoms with Crippen molar-refractivity contribution >= 4 is 6.29 Å². The van der Waals surface area contributed by atoms with Crippen LogP contribution >= 0.6 is 0 Å².